The Morgan fingerprint density at radius 1 is 1.29 bits per heavy atom. The van der Waals surface area contributed by atoms with E-state index in [1.165, 1.54) is 12.1 Å². The number of amides is 2. The molecule has 1 atom stereocenters. The standard InChI is InChI=1S/C14H19FN2O4/c1-9-8-11(15)3-2-10(9)4-6-16-14(21)17-7-5-12(18)13(19)20/h2-3,8,12,18H,4-7H2,1H3,(H,19,20)(H2,16,17,21). The first-order valence-electron chi connectivity index (χ1n) is 6.57. The summed E-state index contributed by atoms with van der Waals surface area (Å²) in [6.45, 7) is 2.24. The Bertz CT molecular complexity index is 508. The normalized spacial score (nSPS) is 11.8. The summed E-state index contributed by atoms with van der Waals surface area (Å²) in [6.07, 6.45) is -0.968. The number of hydrogen-bond donors (Lipinski definition) is 4. The monoisotopic (exact) mass is 298 g/mol. The van der Waals surface area contributed by atoms with E-state index in [2.05, 4.69) is 10.6 Å². The maximum Gasteiger partial charge on any atom is 0.332 e. The molecule has 2 amide bonds. The molecule has 7 heteroatoms. The molecular weight excluding hydrogens is 279 g/mol. The second-order valence-corrected chi connectivity index (χ2v) is 4.65. The zero-order valence-electron chi connectivity index (χ0n) is 11.7. The highest BCUT2D eigenvalue weighted by atomic mass is 19.1. The van der Waals surface area contributed by atoms with Crippen LogP contribution in [0.5, 0.6) is 0 Å². The summed E-state index contributed by atoms with van der Waals surface area (Å²) in [6, 6.07) is 4.04. The fraction of sp³-hybridized carbons (Fsp3) is 0.429. The quantitative estimate of drug-likeness (QED) is 0.598. The van der Waals surface area contributed by atoms with Gasteiger partial charge in [-0.2, -0.15) is 0 Å². The summed E-state index contributed by atoms with van der Waals surface area (Å²) in [5, 5.41) is 22.5. The Labute approximate surface area is 122 Å². The van der Waals surface area contributed by atoms with Crippen LogP contribution in [0.3, 0.4) is 0 Å². The van der Waals surface area contributed by atoms with Crippen LogP contribution in [0.1, 0.15) is 17.5 Å². The first-order valence-corrected chi connectivity index (χ1v) is 6.57. The van der Waals surface area contributed by atoms with Crippen molar-refractivity contribution in [2.45, 2.75) is 25.9 Å². The number of aliphatic hydroxyl groups is 1. The summed E-state index contributed by atoms with van der Waals surface area (Å²) in [5.41, 5.74) is 1.76. The van der Waals surface area contributed by atoms with Gasteiger partial charge in [-0.3, -0.25) is 0 Å². The average molecular weight is 298 g/mol. The minimum atomic E-state index is -1.48. The fourth-order valence-corrected chi connectivity index (χ4v) is 1.76. The molecule has 0 radical (unpaired) electrons. The average Bonchev–Trinajstić information content (AvgIpc) is 2.41. The summed E-state index contributed by atoms with van der Waals surface area (Å²) < 4.78 is 12.9. The van der Waals surface area contributed by atoms with Gasteiger partial charge in [-0.1, -0.05) is 6.07 Å². The maximum atomic E-state index is 12.9. The van der Waals surface area contributed by atoms with Crippen LogP contribution in [0.25, 0.3) is 0 Å². The van der Waals surface area contributed by atoms with Crippen LogP contribution in [0.4, 0.5) is 9.18 Å². The molecule has 116 valence electrons. The van der Waals surface area contributed by atoms with E-state index < -0.39 is 18.1 Å². The zero-order valence-corrected chi connectivity index (χ0v) is 11.7. The number of aliphatic hydroxyl groups excluding tert-OH is 1. The van der Waals surface area contributed by atoms with Crippen molar-refractivity contribution in [1.29, 1.82) is 0 Å². The number of benzene rings is 1. The molecule has 0 saturated heterocycles. The lowest BCUT2D eigenvalue weighted by molar-refractivity contribution is -0.146. The summed E-state index contributed by atoms with van der Waals surface area (Å²) >= 11 is 0. The van der Waals surface area contributed by atoms with E-state index in [1.54, 1.807) is 13.0 Å². The molecule has 0 heterocycles. The predicted molar refractivity (Wildman–Crippen MR) is 74.5 cm³/mol. The summed E-state index contributed by atoms with van der Waals surface area (Å²) in [7, 11) is 0. The van der Waals surface area contributed by atoms with Gasteiger partial charge in [-0.25, -0.2) is 14.0 Å². The molecule has 1 aromatic carbocycles. The van der Waals surface area contributed by atoms with Crippen molar-refractivity contribution in [2.24, 2.45) is 0 Å². The van der Waals surface area contributed by atoms with Gasteiger partial charge in [0.05, 0.1) is 0 Å². The van der Waals surface area contributed by atoms with E-state index in [9.17, 15) is 14.0 Å². The summed E-state index contributed by atoms with van der Waals surface area (Å²) in [5.74, 6) is -1.61. The Hall–Kier alpha value is -2.15. The van der Waals surface area contributed by atoms with Gasteiger partial charge in [-0.05, 0) is 36.6 Å². The Morgan fingerprint density at radius 2 is 1.95 bits per heavy atom. The highest BCUT2D eigenvalue weighted by Crippen LogP contribution is 2.10. The van der Waals surface area contributed by atoms with Crippen LogP contribution in [-0.2, 0) is 11.2 Å². The van der Waals surface area contributed by atoms with Gasteiger partial charge >= 0.3 is 12.0 Å². The number of carbonyl (C=O) groups is 2. The first kappa shape index (κ1) is 16.9. The molecule has 0 spiro atoms. The highest BCUT2D eigenvalue weighted by molar-refractivity contribution is 5.74. The molecule has 0 aromatic heterocycles. The number of carboxylic acids is 1. The van der Waals surface area contributed by atoms with Crippen molar-refractivity contribution in [3.05, 3.63) is 35.1 Å². The topological polar surface area (TPSA) is 98.7 Å². The van der Waals surface area contributed by atoms with Crippen LogP contribution in [0, 0.1) is 12.7 Å². The van der Waals surface area contributed by atoms with Gasteiger partial charge in [0.25, 0.3) is 0 Å². The van der Waals surface area contributed by atoms with E-state index >= 15 is 0 Å². The van der Waals surface area contributed by atoms with Gasteiger partial charge in [0.15, 0.2) is 6.10 Å². The molecule has 0 fully saturated rings. The Morgan fingerprint density at radius 3 is 2.57 bits per heavy atom. The van der Waals surface area contributed by atoms with Crippen molar-refractivity contribution in [2.75, 3.05) is 13.1 Å². The van der Waals surface area contributed by atoms with Crippen LogP contribution in [-0.4, -0.2) is 41.4 Å². The van der Waals surface area contributed by atoms with Crippen LogP contribution in [0.15, 0.2) is 18.2 Å². The van der Waals surface area contributed by atoms with Gasteiger partial charge in [0, 0.05) is 19.5 Å². The van der Waals surface area contributed by atoms with Crippen molar-refractivity contribution in [3.8, 4) is 0 Å². The van der Waals surface area contributed by atoms with E-state index in [0.717, 1.165) is 11.1 Å². The van der Waals surface area contributed by atoms with E-state index in [4.69, 9.17) is 10.2 Å². The number of aryl methyl sites for hydroxylation is 1. The zero-order chi connectivity index (χ0) is 15.8. The van der Waals surface area contributed by atoms with Crippen molar-refractivity contribution in [3.63, 3.8) is 0 Å². The number of aliphatic carboxylic acids is 1. The van der Waals surface area contributed by atoms with Crippen molar-refractivity contribution < 1.29 is 24.2 Å². The minimum Gasteiger partial charge on any atom is -0.479 e. The molecule has 1 aromatic rings. The first-order chi connectivity index (χ1) is 9.90. The number of carboxylic acid groups (broad SMARTS) is 1. The molecule has 1 rings (SSSR count). The van der Waals surface area contributed by atoms with Crippen molar-refractivity contribution in [1.82, 2.24) is 10.6 Å². The number of nitrogens with one attached hydrogen (secondary N) is 2. The smallest absolute Gasteiger partial charge is 0.332 e. The third-order valence-electron chi connectivity index (χ3n) is 2.97. The summed E-state index contributed by atoms with van der Waals surface area (Å²) in [4.78, 5) is 21.8. The third kappa shape index (κ3) is 6.22. The fourth-order valence-electron chi connectivity index (χ4n) is 1.76. The SMILES string of the molecule is Cc1cc(F)ccc1CCNC(=O)NCCC(O)C(=O)O. The van der Waals surface area contributed by atoms with Gasteiger partial charge in [-0.15, -0.1) is 0 Å². The number of halogens is 1. The lowest BCUT2D eigenvalue weighted by Gasteiger charge is -2.10. The Kier molecular flexibility index (Phi) is 6.61. The number of hydrogen-bond acceptors (Lipinski definition) is 3. The molecule has 21 heavy (non-hydrogen) atoms. The molecular formula is C14H19FN2O4. The minimum absolute atomic E-state index is 0.0557. The molecule has 0 saturated carbocycles. The lowest BCUT2D eigenvalue weighted by atomic mass is 10.1. The van der Waals surface area contributed by atoms with E-state index in [1.807, 2.05) is 0 Å². The number of carbonyl (C=O) groups excluding carboxylic acids is 1. The molecule has 6 nitrogen and oxygen atoms in total. The molecule has 4 N–H and O–H groups in total. The number of rotatable bonds is 7. The van der Waals surface area contributed by atoms with E-state index in [0.29, 0.717) is 13.0 Å². The lowest BCUT2D eigenvalue weighted by Crippen LogP contribution is -2.38. The highest BCUT2D eigenvalue weighted by Gasteiger charge is 2.12. The molecule has 0 aliphatic rings. The van der Waals surface area contributed by atoms with Gasteiger partial charge in [0.1, 0.15) is 5.82 Å². The molecule has 0 aliphatic carbocycles. The van der Waals surface area contributed by atoms with Crippen LogP contribution >= 0.6 is 0 Å². The molecule has 0 bridgehead atoms. The number of urea groups is 1. The predicted octanol–water partition coefficient (Wildman–Crippen LogP) is 0.811. The van der Waals surface area contributed by atoms with Gasteiger partial charge < -0.3 is 20.8 Å². The van der Waals surface area contributed by atoms with Crippen molar-refractivity contribution >= 4 is 12.0 Å². The van der Waals surface area contributed by atoms with Crippen LogP contribution < -0.4 is 10.6 Å². The van der Waals surface area contributed by atoms with Gasteiger partial charge in [0.2, 0.25) is 0 Å². The van der Waals surface area contributed by atoms with Crippen LogP contribution in [0.2, 0.25) is 0 Å². The second kappa shape index (κ2) is 8.21. The molecule has 0 aliphatic heterocycles. The second-order valence-electron chi connectivity index (χ2n) is 4.65. The third-order valence-corrected chi connectivity index (χ3v) is 2.97. The Balaban J connectivity index is 2.23. The molecule has 1 unspecified atom stereocenters. The maximum absolute atomic E-state index is 12.9. The van der Waals surface area contributed by atoms with E-state index in [-0.39, 0.29) is 18.8 Å². The largest absolute Gasteiger partial charge is 0.479 e.